The molecule has 0 aliphatic heterocycles. The second-order valence-electron chi connectivity index (χ2n) is 6.17. The van der Waals surface area contributed by atoms with E-state index in [9.17, 15) is 0 Å². The first-order valence-corrected chi connectivity index (χ1v) is 7.79. The summed E-state index contributed by atoms with van der Waals surface area (Å²) in [6, 6.07) is 0. The van der Waals surface area contributed by atoms with Crippen LogP contribution in [0.15, 0.2) is 12.2 Å². The molecule has 0 heterocycles. The van der Waals surface area contributed by atoms with Crippen molar-refractivity contribution in [3.05, 3.63) is 12.2 Å². The van der Waals surface area contributed by atoms with Gasteiger partial charge in [0.1, 0.15) is 0 Å². The van der Waals surface area contributed by atoms with Crippen LogP contribution < -0.4 is 0 Å². The third-order valence-corrected chi connectivity index (χ3v) is 5.17. The monoisotopic (exact) mass is 236 g/mol. The van der Waals surface area contributed by atoms with Gasteiger partial charge >= 0.3 is 0 Å². The van der Waals surface area contributed by atoms with Gasteiger partial charge in [-0.3, -0.25) is 0 Å². The Labute approximate surface area is 109 Å². The van der Waals surface area contributed by atoms with Crippen LogP contribution in [0.25, 0.3) is 0 Å². The van der Waals surface area contributed by atoms with E-state index in [1.54, 1.807) is 0 Å². The largest absolute Gasteiger partial charge is 0.0996 e. The van der Waals surface area contributed by atoms with E-state index < -0.39 is 0 Å². The molecule has 0 radical (unpaired) electrons. The molecule has 0 aromatic heterocycles. The summed E-state index contributed by atoms with van der Waals surface area (Å²) in [7, 11) is 0. The molecule has 1 fully saturated rings. The molecule has 4 unspecified atom stereocenters. The van der Waals surface area contributed by atoms with Gasteiger partial charge in [0.2, 0.25) is 0 Å². The molecule has 0 saturated heterocycles. The van der Waals surface area contributed by atoms with Crippen LogP contribution in [0.3, 0.4) is 0 Å². The number of hydrogen-bond acceptors (Lipinski definition) is 0. The molecule has 0 nitrogen and oxygen atoms in total. The van der Waals surface area contributed by atoms with Gasteiger partial charge in [0.05, 0.1) is 0 Å². The molecule has 0 aromatic rings. The molecule has 0 heteroatoms. The fourth-order valence-corrected chi connectivity index (χ4v) is 3.73. The van der Waals surface area contributed by atoms with E-state index in [1.807, 2.05) is 0 Å². The highest BCUT2D eigenvalue weighted by molar-refractivity contribution is 5.02. The quantitative estimate of drug-likeness (QED) is 0.509. The van der Waals surface area contributed by atoms with Crippen molar-refractivity contribution in [3.63, 3.8) is 0 Å². The Hall–Kier alpha value is -0.260. The molecule has 0 bridgehead atoms. The van der Waals surface area contributed by atoms with Crippen molar-refractivity contribution >= 4 is 0 Å². The molecule has 1 rings (SSSR count). The van der Waals surface area contributed by atoms with Crippen molar-refractivity contribution in [2.24, 2.45) is 23.7 Å². The third kappa shape index (κ3) is 3.86. The van der Waals surface area contributed by atoms with Gasteiger partial charge in [-0.2, -0.15) is 0 Å². The predicted octanol–water partition coefficient (Wildman–Crippen LogP) is 5.83. The maximum absolute atomic E-state index is 4.31. The van der Waals surface area contributed by atoms with E-state index in [2.05, 4.69) is 34.3 Å². The zero-order chi connectivity index (χ0) is 12.8. The highest BCUT2D eigenvalue weighted by Crippen LogP contribution is 2.41. The van der Waals surface area contributed by atoms with Crippen LogP contribution in [-0.4, -0.2) is 0 Å². The maximum atomic E-state index is 4.31. The zero-order valence-electron chi connectivity index (χ0n) is 12.5. The standard InChI is InChI=1S/C17H32/c1-6-10-13(3)14(4)15(5)17-12-9-8-11-16(17)7-2/h14-17H,3,6-12H2,1-2,4-5H3. The van der Waals surface area contributed by atoms with Gasteiger partial charge < -0.3 is 0 Å². The predicted molar refractivity (Wildman–Crippen MR) is 78.1 cm³/mol. The Balaban J connectivity index is 2.59. The molecule has 1 aliphatic carbocycles. The first kappa shape index (κ1) is 14.8. The van der Waals surface area contributed by atoms with Crippen LogP contribution in [0.4, 0.5) is 0 Å². The minimum Gasteiger partial charge on any atom is -0.0996 e. The number of allylic oxidation sites excluding steroid dienone is 1. The molecule has 0 spiro atoms. The van der Waals surface area contributed by atoms with Crippen molar-refractivity contribution in [2.75, 3.05) is 0 Å². The van der Waals surface area contributed by atoms with Gasteiger partial charge in [-0.25, -0.2) is 0 Å². The van der Waals surface area contributed by atoms with Gasteiger partial charge in [-0.05, 0) is 36.5 Å². The molecular weight excluding hydrogens is 204 g/mol. The van der Waals surface area contributed by atoms with Gasteiger partial charge in [0, 0.05) is 0 Å². The fourth-order valence-electron chi connectivity index (χ4n) is 3.73. The number of rotatable bonds is 6. The van der Waals surface area contributed by atoms with E-state index in [-0.39, 0.29) is 0 Å². The first-order valence-electron chi connectivity index (χ1n) is 7.79. The van der Waals surface area contributed by atoms with Crippen molar-refractivity contribution < 1.29 is 0 Å². The number of hydrogen-bond donors (Lipinski definition) is 0. The van der Waals surface area contributed by atoms with E-state index >= 15 is 0 Å². The normalized spacial score (nSPS) is 28.7. The summed E-state index contributed by atoms with van der Waals surface area (Å²) in [5.74, 6) is 3.49. The van der Waals surface area contributed by atoms with Crippen molar-refractivity contribution in [2.45, 2.75) is 72.6 Å². The maximum Gasteiger partial charge on any atom is -0.0206 e. The highest BCUT2D eigenvalue weighted by atomic mass is 14.4. The van der Waals surface area contributed by atoms with Crippen molar-refractivity contribution in [1.29, 1.82) is 0 Å². The molecule has 17 heavy (non-hydrogen) atoms. The summed E-state index contributed by atoms with van der Waals surface area (Å²) in [6.45, 7) is 13.8. The van der Waals surface area contributed by atoms with Crippen LogP contribution >= 0.6 is 0 Å². The minimum absolute atomic E-state index is 0.715. The summed E-state index contributed by atoms with van der Waals surface area (Å²) in [6.07, 6.45) is 9.70. The second kappa shape index (κ2) is 7.24. The lowest BCUT2D eigenvalue weighted by Gasteiger charge is -2.38. The van der Waals surface area contributed by atoms with Crippen LogP contribution in [0, 0.1) is 23.7 Å². The van der Waals surface area contributed by atoms with E-state index in [1.165, 1.54) is 50.5 Å². The summed E-state index contributed by atoms with van der Waals surface area (Å²) in [5, 5.41) is 0. The lowest BCUT2D eigenvalue weighted by Crippen LogP contribution is -2.29. The van der Waals surface area contributed by atoms with Gasteiger partial charge in [-0.1, -0.05) is 72.0 Å². The summed E-state index contributed by atoms with van der Waals surface area (Å²) in [4.78, 5) is 0. The SMILES string of the molecule is C=C(CCC)C(C)C(C)C1CCCCC1CC. The Morgan fingerprint density at radius 1 is 1.18 bits per heavy atom. The van der Waals surface area contributed by atoms with Gasteiger partial charge in [-0.15, -0.1) is 0 Å². The summed E-state index contributed by atoms with van der Waals surface area (Å²) in [5.41, 5.74) is 1.49. The Kier molecular flexibility index (Phi) is 6.30. The van der Waals surface area contributed by atoms with Crippen LogP contribution in [0.2, 0.25) is 0 Å². The smallest absolute Gasteiger partial charge is 0.0206 e. The lowest BCUT2D eigenvalue weighted by atomic mass is 9.67. The molecule has 100 valence electrons. The molecule has 0 amide bonds. The van der Waals surface area contributed by atoms with Crippen LogP contribution in [-0.2, 0) is 0 Å². The molecule has 1 saturated carbocycles. The van der Waals surface area contributed by atoms with Crippen LogP contribution in [0.5, 0.6) is 0 Å². The molecule has 0 N–H and O–H groups in total. The van der Waals surface area contributed by atoms with Crippen molar-refractivity contribution in [3.8, 4) is 0 Å². The van der Waals surface area contributed by atoms with Crippen molar-refractivity contribution in [1.82, 2.24) is 0 Å². The zero-order valence-corrected chi connectivity index (χ0v) is 12.5. The fraction of sp³-hybridized carbons (Fsp3) is 0.882. The average molecular weight is 236 g/mol. The van der Waals surface area contributed by atoms with Crippen LogP contribution in [0.1, 0.15) is 72.6 Å². The van der Waals surface area contributed by atoms with Gasteiger partial charge in [0.25, 0.3) is 0 Å². The Morgan fingerprint density at radius 3 is 2.41 bits per heavy atom. The Bertz CT molecular complexity index is 228. The van der Waals surface area contributed by atoms with E-state index in [0.717, 1.165) is 17.8 Å². The molecular formula is C17H32. The lowest BCUT2D eigenvalue weighted by molar-refractivity contribution is 0.139. The minimum atomic E-state index is 0.715. The highest BCUT2D eigenvalue weighted by Gasteiger charge is 2.31. The third-order valence-electron chi connectivity index (χ3n) is 5.17. The van der Waals surface area contributed by atoms with E-state index in [4.69, 9.17) is 0 Å². The molecule has 0 aromatic carbocycles. The van der Waals surface area contributed by atoms with E-state index in [0.29, 0.717) is 5.92 Å². The second-order valence-corrected chi connectivity index (χ2v) is 6.17. The topological polar surface area (TPSA) is 0 Å². The average Bonchev–Trinajstić information content (AvgIpc) is 2.37. The molecule has 4 atom stereocenters. The first-order chi connectivity index (χ1) is 8.11. The molecule has 1 aliphatic rings. The summed E-state index contributed by atoms with van der Waals surface area (Å²) < 4.78 is 0. The van der Waals surface area contributed by atoms with Gasteiger partial charge in [0.15, 0.2) is 0 Å². The summed E-state index contributed by atoms with van der Waals surface area (Å²) >= 11 is 0. The Morgan fingerprint density at radius 2 is 1.82 bits per heavy atom.